The molecule has 27 heavy (non-hydrogen) atoms. The fraction of sp³-hybridized carbons (Fsp3) is 0.118. The van der Waals surface area contributed by atoms with Crippen LogP contribution in [-0.2, 0) is 0 Å². The molecule has 2 heterocycles. The number of nitrogens with zero attached hydrogens (tertiary/aromatic N) is 5. The van der Waals surface area contributed by atoms with Crippen LogP contribution in [0.3, 0.4) is 0 Å². The van der Waals surface area contributed by atoms with Gasteiger partial charge in [-0.2, -0.15) is 4.85 Å². The molecule has 0 unspecified atom stereocenters. The Labute approximate surface area is 162 Å². The van der Waals surface area contributed by atoms with E-state index in [1.54, 1.807) is 18.2 Å². The minimum Gasteiger partial charge on any atom is -0.768 e. The molecule has 0 N–H and O–H groups in total. The first-order valence-electron chi connectivity index (χ1n) is 7.81. The van der Waals surface area contributed by atoms with E-state index >= 15 is 0 Å². The smallest absolute Gasteiger partial charge is 0.484 e. The Bertz CT molecular complexity index is 1300. The number of benzene rings is 2. The van der Waals surface area contributed by atoms with E-state index in [9.17, 15) is 15.3 Å². The van der Waals surface area contributed by atoms with Crippen molar-refractivity contribution >= 4 is 45.5 Å². The summed E-state index contributed by atoms with van der Waals surface area (Å²) in [5, 5.41) is 25.2. The van der Waals surface area contributed by atoms with Crippen LogP contribution < -0.4 is 9.27 Å². The molecule has 136 valence electrons. The Morgan fingerprint density at radius 2 is 1.59 bits per heavy atom. The van der Waals surface area contributed by atoms with Gasteiger partial charge < -0.3 is 10.4 Å². The van der Waals surface area contributed by atoms with Crippen LogP contribution in [0.4, 0.5) is 0 Å². The molecule has 2 aromatic carbocycles. The van der Waals surface area contributed by atoms with E-state index in [2.05, 4.69) is 9.97 Å². The van der Waals surface area contributed by atoms with Gasteiger partial charge in [0.15, 0.2) is 0 Å². The lowest BCUT2D eigenvalue weighted by molar-refractivity contribution is -0.734. The maximum atomic E-state index is 12.9. The molecule has 0 saturated heterocycles. The molecule has 4 rings (SSSR count). The van der Waals surface area contributed by atoms with E-state index in [1.165, 1.54) is 12.1 Å². The maximum absolute atomic E-state index is 12.9. The van der Waals surface area contributed by atoms with Crippen LogP contribution in [0.15, 0.2) is 30.3 Å². The topological polar surface area (TPSA) is 104 Å². The zero-order valence-electron chi connectivity index (χ0n) is 14.1. The molecular weight excluding hydrogens is 393 g/mol. The van der Waals surface area contributed by atoms with Crippen molar-refractivity contribution in [3.63, 3.8) is 0 Å². The Balaban J connectivity index is 2.19. The monoisotopic (exact) mass is 403 g/mol. The van der Waals surface area contributed by atoms with Crippen molar-refractivity contribution < 1.29 is 9.27 Å². The highest BCUT2D eigenvalue weighted by Crippen LogP contribution is 2.31. The summed E-state index contributed by atoms with van der Waals surface area (Å²) in [6, 6.07) is 7.97. The highest BCUT2D eigenvalue weighted by Gasteiger charge is 2.32. The fourth-order valence-electron chi connectivity index (χ4n) is 2.82. The largest absolute Gasteiger partial charge is 0.768 e. The van der Waals surface area contributed by atoms with E-state index in [4.69, 9.17) is 23.2 Å². The first-order chi connectivity index (χ1) is 12.8. The molecular formula is C17H11Cl2N5O3. The summed E-state index contributed by atoms with van der Waals surface area (Å²) < 4.78 is 0.228. The summed E-state index contributed by atoms with van der Waals surface area (Å²) in [4.78, 5) is 21.2. The highest BCUT2D eigenvalue weighted by atomic mass is 35.5. The van der Waals surface area contributed by atoms with E-state index in [0.29, 0.717) is 11.0 Å². The van der Waals surface area contributed by atoms with Gasteiger partial charge in [0.2, 0.25) is 5.52 Å². The summed E-state index contributed by atoms with van der Waals surface area (Å²) >= 11 is 12.2. The summed E-state index contributed by atoms with van der Waals surface area (Å²) in [6.45, 7) is 3.78. The zero-order valence-corrected chi connectivity index (χ0v) is 15.6. The van der Waals surface area contributed by atoms with Gasteiger partial charge in [-0.05, 0) is 48.1 Å². The Morgan fingerprint density at radius 1 is 1.04 bits per heavy atom. The number of hydrogen-bond acceptors (Lipinski definition) is 5. The van der Waals surface area contributed by atoms with Crippen LogP contribution in [0.1, 0.15) is 11.1 Å². The van der Waals surface area contributed by atoms with Gasteiger partial charge in [-0.15, -0.1) is 4.85 Å². The molecule has 10 heteroatoms. The van der Waals surface area contributed by atoms with E-state index in [-0.39, 0.29) is 35.4 Å². The molecule has 2 aromatic heterocycles. The molecule has 0 saturated carbocycles. The standard InChI is InChI=1S/C17H11Cl2N5O3/c1-8-6-12-13(7-9(8)2)21-16-15(20-12)22(25)17(24(27)23(16)26)14-10(18)4-3-5-11(14)19/h3-7H,1-2H3. The summed E-state index contributed by atoms with van der Waals surface area (Å²) in [5.74, 6) is -0.578. The van der Waals surface area contributed by atoms with Crippen LogP contribution in [0.2, 0.25) is 10.0 Å². The van der Waals surface area contributed by atoms with Gasteiger partial charge in [-0.1, -0.05) is 29.3 Å². The lowest BCUT2D eigenvalue weighted by Gasteiger charge is -2.15. The number of fused-ring (bicyclic) bond motifs is 2. The van der Waals surface area contributed by atoms with Crippen molar-refractivity contribution in [2.24, 2.45) is 0 Å². The summed E-state index contributed by atoms with van der Waals surface area (Å²) in [5.41, 5.74) is 1.96. The van der Waals surface area contributed by atoms with Crippen molar-refractivity contribution in [2.45, 2.75) is 13.8 Å². The van der Waals surface area contributed by atoms with Crippen LogP contribution in [0.5, 0.6) is 0 Å². The first kappa shape index (κ1) is 17.4. The highest BCUT2D eigenvalue weighted by molar-refractivity contribution is 6.38. The molecule has 0 spiro atoms. The Morgan fingerprint density at radius 3 is 2.19 bits per heavy atom. The molecule has 0 fully saturated rings. The molecule has 0 aliphatic carbocycles. The molecule has 0 aliphatic rings. The van der Waals surface area contributed by atoms with Crippen molar-refractivity contribution in [1.29, 1.82) is 0 Å². The van der Waals surface area contributed by atoms with E-state index in [1.807, 2.05) is 13.8 Å². The number of aromatic nitrogens is 5. The molecule has 0 amide bonds. The van der Waals surface area contributed by atoms with Gasteiger partial charge in [0.1, 0.15) is 15.5 Å². The van der Waals surface area contributed by atoms with Crippen LogP contribution >= 0.6 is 23.2 Å². The fourth-order valence-corrected chi connectivity index (χ4v) is 3.38. The van der Waals surface area contributed by atoms with Crippen LogP contribution in [-0.4, -0.2) is 14.8 Å². The van der Waals surface area contributed by atoms with E-state index in [0.717, 1.165) is 11.1 Å². The lowest BCUT2D eigenvalue weighted by Crippen LogP contribution is -2.49. The summed E-state index contributed by atoms with van der Waals surface area (Å²) in [7, 11) is 0. The number of hydrogen-bond donors (Lipinski definition) is 0. The van der Waals surface area contributed by atoms with Crippen molar-refractivity contribution in [2.75, 3.05) is 0 Å². The SMILES string of the molecule is Cc1cc2nc3c(nc2cc1C)[n+](=O)c(-c1c(Cl)cccc1Cl)[n+]([O-])n3[O-]. The van der Waals surface area contributed by atoms with Gasteiger partial charge in [0, 0.05) is 11.1 Å². The van der Waals surface area contributed by atoms with Crippen molar-refractivity contribution in [3.05, 3.63) is 66.8 Å². The number of halogens is 2. The van der Waals surface area contributed by atoms with Crippen molar-refractivity contribution in [3.8, 4) is 11.4 Å². The third-order valence-corrected chi connectivity index (χ3v) is 4.97. The van der Waals surface area contributed by atoms with Gasteiger partial charge in [-0.25, -0.2) is 4.98 Å². The summed E-state index contributed by atoms with van der Waals surface area (Å²) in [6.07, 6.45) is 0. The van der Waals surface area contributed by atoms with Crippen molar-refractivity contribution in [1.82, 2.24) is 14.8 Å². The van der Waals surface area contributed by atoms with E-state index < -0.39 is 11.5 Å². The minimum absolute atomic E-state index is 0.0413. The lowest BCUT2D eigenvalue weighted by atomic mass is 10.1. The predicted molar refractivity (Wildman–Crippen MR) is 101 cm³/mol. The third kappa shape index (κ3) is 2.56. The van der Waals surface area contributed by atoms with Gasteiger partial charge in [0.25, 0.3) is 5.65 Å². The first-order valence-corrected chi connectivity index (χ1v) is 8.57. The van der Waals surface area contributed by atoms with Crippen LogP contribution in [0, 0.1) is 29.2 Å². The maximum Gasteiger partial charge on any atom is 0.484 e. The molecule has 0 atom stereocenters. The third-order valence-electron chi connectivity index (χ3n) is 4.34. The van der Waals surface area contributed by atoms with Gasteiger partial charge >= 0.3 is 11.5 Å². The normalized spacial score (nSPS) is 11.4. The zero-order chi connectivity index (χ0) is 19.5. The molecule has 0 aliphatic heterocycles. The second kappa shape index (κ2) is 6.04. The average Bonchev–Trinajstić information content (AvgIpc) is 2.62. The predicted octanol–water partition coefficient (Wildman–Crippen LogP) is 3.07. The molecule has 4 aromatic rings. The molecule has 0 radical (unpaired) electrons. The van der Waals surface area contributed by atoms with Crippen LogP contribution in [0.25, 0.3) is 33.7 Å². The number of aryl methyl sites for hydroxylation is 2. The second-order valence-electron chi connectivity index (χ2n) is 6.06. The Hall–Kier alpha value is -2.97. The molecule has 8 nitrogen and oxygen atoms in total. The minimum atomic E-state index is -0.578. The second-order valence-corrected chi connectivity index (χ2v) is 6.87. The average molecular weight is 404 g/mol. The van der Waals surface area contributed by atoms with Gasteiger partial charge in [0.05, 0.1) is 10.0 Å². The quantitative estimate of drug-likeness (QED) is 0.276. The van der Waals surface area contributed by atoms with Gasteiger partial charge in [-0.3, -0.25) is 0 Å². The number of rotatable bonds is 1. The Kier molecular flexibility index (Phi) is 3.90. The molecule has 0 bridgehead atoms.